The first kappa shape index (κ1) is 15.6. The van der Waals surface area contributed by atoms with E-state index in [2.05, 4.69) is 24.1 Å². The van der Waals surface area contributed by atoms with Crippen LogP contribution in [0, 0.1) is 5.41 Å². The highest BCUT2D eigenvalue weighted by molar-refractivity contribution is 7.17. The van der Waals surface area contributed by atoms with Crippen molar-refractivity contribution in [3.05, 3.63) is 10.6 Å². The van der Waals surface area contributed by atoms with Crippen molar-refractivity contribution in [3.8, 4) is 0 Å². The number of carbonyl (C=O) groups excluding carboxylic acids is 2. The largest absolute Gasteiger partial charge is 0.317 e. The summed E-state index contributed by atoms with van der Waals surface area (Å²) in [6.07, 6.45) is 5.87. The standard InChI is InChI=1S/C16H23N3O2S/c1-15(2)8-10-12(11(20)9-15)22-14(18-10)19-13(21)16(17)6-4-3-5-7-16/h3-9,17H2,1-2H3,(H,18,19,21). The second kappa shape index (κ2) is 5.42. The van der Waals surface area contributed by atoms with E-state index in [0.717, 1.165) is 44.2 Å². The first-order valence-corrected chi connectivity index (χ1v) is 8.74. The van der Waals surface area contributed by atoms with Crippen LogP contribution < -0.4 is 11.1 Å². The SMILES string of the molecule is CC1(C)CC(=O)c2sc(NC(=O)C3(N)CCCCC3)nc2C1. The van der Waals surface area contributed by atoms with Gasteiger partial charge in [-0.3, -0.25) is 9.59 Å². The molecule has 22 heavy (non-hydrogen) atoms. The normalized spacial score (nSPS) is 23.0. The van der Waals surface area contributed by atoms with Gasteiger partial charge in [0.05, 0.1) is 16.1 Å². The number of rotatable bonds is 2. The lowest BCUT2D eigenvalue weighted by Crippen LogP contribution is -2.52. The van der Waals surface area contributed by atoms with Gasteiger partial charge in [0.25, 0.3) is 0 Å². The maximum Gasteiger partial charge on any atom is 0.246 e. The molecule has 3 N–H and O–H groups in total. The Kier molecular flexibility index (Phi) is 3.85. The Bertz CT molecular complexity index is 615. The second-order valence-electron chi connectivity index (χ2n) is 7.41. The Morgan fingerprint density at radius 3 is 2.59 bits per heavy atom. The summed E-state index contributed by atoms with van der Waals surface area (Å²) in [5, 5.41) is 3.36. The third-order valence-electron chi connectivity index (χ3n) is 4.65. The van der Waals surface area contributed by atoms with Crippen LogP contribution in [0.4, 0.5) is 5.13 Å². The monoisotopic (exact) mass is 321 g/mol. The van der Waals surface area contributed by atoms with Gasteiger partial charge in [0.1, 0.15) is 0 Å². The lowest BCUT2D eigenvalue weighted by molar-refractivity contribution is -0.122. The predicted octanol–water partition coefficient (Wildman–Crippen LogP) is 2.90. The van der Waals surface area contributed by atoms with Crippen molar-refractivity contribution in [2.45, 2.75) is 64.3 Å². The molecule has 1 amide bonds. The molecule has 0 unspecified atom stereocenters. The number of ketones is 1. The lowest BCUT2D eigenvalue weighted by atomic mass is 9.78. The Balaban J connectivity index is 1.77. The highest BCUT2D eigenvalue weighted by Crippen LogP contribution is 2.38. The van der Waals surface area contributed by atoms with Crippen molar-refractivity contribution in [2.75, 3.05) is 5.32 Å². The van der Waals surface area contributed by atoms with E-state index < -0.39 is 5.54 Å². The third-order valence-corrected chi connectivity index (χ3v) is 5.71. The molecule has 1 aromatic heterocycles. The van der Waals surface area contributed by atoms with Gasteiger partial charge in [-0.15, -0.1) is 0 Å². The van der Waals surface area contributed by atoms with Crippen LogP contribution in [-0.2, 0) is 11.2 Å². The molecule has 5 nitrogen and oxygen atoms in total. The average Bonchev–Trinajstić information content (AvgIpc) is 2.80. The van der Waals surface area contributed by atoms with Gasteiger partial charge in [-0.05, 0) is 24.7 Å². The summed E-state index contributed by atoms with van der Waals surface area (Å²) >= 11 is 1.29. The maximum atomic E-state index is 12.5. The number of anilines is 1. The maximum absolute atomic E-state index is 12.5. The van der Waals surface area contributed by atoms with Gasteiger partial charge in [-0.1, -0.05) is 44.4 Å². The van der Waals surface area contributed by atoms with Crippen LogP contribution in [0.15, 0.2) is 0 Å². The number of nitrogens with two attached hydrogens (primary N) is 1. The van der Waals surface area contributed by atoms with Crippen molar-refractivity contribution in [3.63, 3.8) is 0 Å². The van der Waals surface area contributed by atoms with E-state index in [1.54, 1.807) is 0 Å². The van der Waals surface area contributed by atoms with Crippen LogP contribution >= 0.6 is 11.3 Å². The van der Waals surface area contributed by atoms with Crippen LogP contribution in [0.1, 0.15) is 67.7 Å². The molecule has 0 radical (unpaired) electrons. The van der Waals surface area contributed by atoms with E-state index in [1.807, 2.05) is 0 Å². The van der Waals surface area contributed by atoms with E-state index >= 15 is 0 Å². The van der Waals surface area contributed by atoms with Crippen LogP contribution in [-0.4, -0.2) is 22.2 Å². The molecule has 120 valence electrons. The van der Waals surface area contributed by atoms with Crippen LogP contribution in [0.3, 0.4) is 0 Å². The van der Waals surface area contributed by atoms with Gasteiger partial charge in [-0.25, -0.2) is 4.98 Å². The van der Waals surface area contributed by atoms with E-state index in [9.17, 15) is 9.59 Å². The first-order chi connectivity index (χ1) is 10.3. The molecule has 3 rings (SSSR count). The fourth-order valence-electron chi connectivity index (χ4n) is 3.40. The molecule has 1 saturated carbocycles. The minimum Gasteiger partial charge on any atom is -0.317 e. The van der Waals surface area contributed by atoms with Crippen molar-refractivity contribution in [1.82, 2.24) is 4.98 Å². The molecule has 0 aliphatic heterocycles. The van der Waals surface area contributed by atoms with E-state index in [4.69, 9.17) is 5.73 Å². The summed E-state index contributed by atoms with van der Waals surface area (Å²) in [6.45, 7) is 4.14. The molecular formula is C16H23N3O2S. The number of thiazole rings is 1. The van der Waals surface area contributed by atoms with Crippen molar-refractivity contribution in [2.24, 2.45) is 11.1 Å². The van der Waals surface area contributed by atoms with E-state index in [-0.39, 0.29) is 17.1 Å². The number of nitrogens with zero attached hydrogens (tertiary/aromatic N) is 1. The lowest BCUT2D eigenvalue weighted by Gasteiger charge is -2.31. The van der Waals surface area contributed by atoms with Gasteiger partial charge in [-0.2, -0.15) is 0 Å². The number of fused-ring (bicyclic) bond motifs is 1. The zero-order chi connectivity index (χ0) is 16.0. The van der Waals surface area contributed by atoms with Gasteiger partial charge in [0.15, 0.2) is 10.9 Å². The molecule has 0 bridgehead atoms. The molecular weight excluding hydrogens is 298 g/mol. The predicted molar refractivity (Wildman–Crippen MR) is 87.2 cm³/mol. The molecule has 2 aliphatic carbocycles. The number of nitrogens with one attached hydrogen (secondary N) is 1. The van der Waals surface area contributed by atoms with Gasteiger partial charge in [0, 0.05) is 6.42 Å². The summed E-state index contributed by atoms with van der Waals surface area (Å²) in [5.41, 5.74) is 6.22. The molecule has 1 aromatic rings. The number of amides is 1. The average molecular weight is 321 g/mol. The molecule has 0 spiro atoms. The number of Topliss-reactive ketones (excluding diaryl/α,β-unsaturated/α-hetero) is 1. The van der Waals surface area contributed by atoms with E-state index in [1.165, 1.54) is 11.3 Å². The van der Waals surface area contributed by atoms with Gasteiger partial charge < -0.3 is 11.1 Å². The summed E-state index contributed by atoms with van der Waals surface area (Å²) < 4.78 is 0. The minimum absolute atomic E-state index is 0.0576. The Labute approximate surface area is 134 Å². The first-order valence-electron chi connectivity index (χ1n) is 7.92. The minimum atomic E-state index is -0.784. The highest BCUT2D eigenvalue weighted by atomic mass is 32.1. The van der Waals surface area contributed by atoms with Crippen LogP contribution in [0.25, 0.3) is 0 Å². The molecule has 0 saturated heterocycles. The second-order valence-corrected chi connectivity index (χ2v) is 8.41. The Hall–Kier alpha value is -1.27. The number of hydrogen-bond acceptors (Lipinski definition) is 5. The highest BCUT2D eigenvalue weighted by Gasteiger charge is 2.37. The zero-order valence-corrected chi connectivity index (χ0v) is 14.0. The summed E-state index contributed by atoms with van der Waals surface area (Å²) in [7, 11) is 0. The number of carbonyl (C=O) groups is 2. The third kappa shape index (κ3) is 2.94. The summed E-state index contributed by atoms with van der Waals surface area (Å²) in [5.74, 6) is -0.0330. The van der Waals surface area contributed by atoms with Gasteiger partial charge in [0.2, 0.25) is 5.91 Å². The van der Waals surface area contributed by atoms with E-state index in [0.29, 0.717) is 16.4 Å². The molecule has 6 heteroatoms. The quantitative estimate of drug-likeness (QED) is 0.877. The molecule has 0 aromatic carbocycles. The number of hydrogen-bond donors (Lipinski definition) is 2. The fourth-order valence-corrected chi connectivity index (χ4v) is 4.32. The Morgan fingerprint density at radius 2 is 1.91 bits per heavy atom. The Morgan fingerprint density at radius 1 is 1.23 bits per heavy atom. The molecule has 2 aliphatic rings. The van der Waals surface area contributed by atoms with Crippen molar-refractivity contribution < 1.29 is 9.59 Å². The van der Waals surface area contributed by atoms with Crippen molar-refractivity contribution in [1.29, 1.82) is 0 Å². The summed E-state index contributed by atoms with van der Waals surface area (Å²) in [4.78, 5) is 29.8. The fraction of sp³-hybridized carbons (Fsp3) is 0.688. The van der Waals surface area contributed by atoms with Gasteiger partial charge >= 0.3 is 0 Å². The van der Waals surface area contributed by atoms with Crippen LogP contribution in [0.2, 0.25) is 0 Å². The topological polar surface area (TPSA) is 85.1 Å². The summed E-state index contributed by atoms with van der Waals surface area (Å²) in [6, 6.07) is 0. The van der Waals surface area contributed by atoms with Crippen molar-refractivity contribution >= 4 is 28.2 Å². The molecule has 1 fully saturated rings. The zero-order valence-electron chi connectivity index (χ0n) is 13.2. The smallest absolute Gasteiger partial charge is 0.246 e. The molecule has 0 atom stereocenters. The number of aromatic nitrogens is 1. The van der Waals surface area contributed by atoms with Crippen LogP contribution in [0.5, 0.6) is 0 Å². The molecule has 1 heterocycles.